The Morgan fingerprint density at radius 3 is 2.48 bits per heavy atom. The van der Waals surface area contributed by atoms with Gasteiger partial charge in [-0.2, -0.15) is 0 Å². The van der Waals surface area contributed by atoms with Gasteiger partial charge in [0.15, 0.2) is 5.82 Å². The first-order chi connectivity index (χ1) is 14.0. The average molecular weight is 413 g/mol. The van der Waals surface area contributed by atoms with Gasteiger partial charge in [0.05, 0.1) is 12.7 Å². The maximum atomic E-state index is 13.5. The zero-order valence-corrected chi connectivity index (χ0v) is 17.3. The molecule has 2 aromatic carbocycles. The highest BCUT2D eigenvalue weighted by atomic mass is 32.2. The minimum atomic E-state index is -3.92. The van der Waals surface area contributed by atoms with Crippen molar-refractivity contribution in [3.8, 4) is 11.1 Å². The van der Waals surface area contributed by atoms with Crippen LogP contribution >= 0.6 is 0 Å². The number of anilines is 1. The minimum absolute atomic E-state index is 0.205. The number of nitrogens with zero attached hydrogens (tertiary/aromatic N) is 1. The number of benzene rings is 2. The van der Waals surface area contributed by atoms with Crippen molar-refractivity contribution in [2.45, 2.75) is 50.7 Å². The monoisotopic (exact) mass is 412 g/mol. The molecule has 152 valence electrons. The Bertz CT molecular complexity index is 1100. The Labute approximate surface area is 170 Å². The lowest BCUT2D eigenvalue weighted by Crippen LogP contribution is -2.22. The molecule has 0 amide bonds. The Morgan fingerprint density at radius 2 is 1.86 bits per heavy atom. The summed E-state index contributed by atoms with van der Waals surface area (Å²) in [4.78, 5) is 0.213. The van der Waals surface area contributed by atoms with Gasteiger partial charge in [-0.05, 0) is 44.2 Å². The fourth-order valence-electron chi connectivity index (χ4n) is 3.30. The van der Waals surface area contributed by atoms with Gasteiger partial charge in [0.25, 0.3) is 10.0 Å². The largest absolute Gasteiger partial charge is 0.373 e. The molecule has 0 radical (unpaired) electrons. The predicted molar refractivity (Wildman–Crippen MR) is 111 cm³/mol. The highest BCUT2D eigenvalue weighted by molar-refractivity contribution is 7.93. The lowest BCUT2D eigenvalue weighted by atomic mass is 9.96. The molecule has 1 aromatic heterocycles. The van der Waals surface area contributed by atoms with Gasteiger partial charge in [-0.3, -0.25) is 4.72 Å². The van der Waals surface area contributed by atoms with Crippen LogP contribution in [0.15, 0.2) is 57.9 Å². The van der Waals surface area contributed by atoms with Crippen molar-refractivity contribution in [1.82, 2.24) is 5.16 Å². The third kappa shape index (κ3) is 4.06. The first kappa shape index (κ1) is 19.7. The highest BCUT2D eigenvalue weighted by Crippen LogP contribution is 2.33. The summed E-state index contributed by atoms with van der Waals surface area (Å²) in [5, 5.41) is 3.86. The molecule has 0 saturated heterocycles. The van der Waals surface area contributed by atoms with E-state index in [4.69, 9.17) is 9.26 Å². The molecule has 1 N–H and O–H groups in total. The van der Waals surface area contributed by atoms with Crippen molar-refractivity contribution in [2.75, 3.05) is 4.72 Å². The summed E-state index contributed by atoms with van der Waals surface area (Å²) >= 11 is 0. The van der Waals surface area contributed by atoms with Crippen molar-refractivity contribution in [1.29, 1.82) is 0 Å². The third-order valence-electron chi connectivity index (χ3n) is 5.37. The van der Waals surface area contributed by atoms with E-state index in [1.54, 1.807) is 19.9 Å². The summed E-state index contributed by atoms with van der Waals surface area (Å²) in [6.07, 6.45) is 3.41. The number of hydrogen-bond donors (Lipinski definition) is 1. The maximum Gasteiger partial charge on any atom is 0.264 e. The van der Waals surface area contributed by atoms with Crippen LogP contribution in [0.1, 0.15) is 36.1 Å². The van der Waals surface area contributed by atoms with Crippen LogP contribution in [0.3, 0.4) is 0 Å². The van der Waals surface area contributed by atoms with Crippen LogP contribution in [-0.2, 0) is 21.4 Å². The van der Waals surface area contributed by atoms with Gasteiger partial charge in [-0.1, -0.05) is 53.7 Å². The first-order valence-electron chi connectivity index (χ1n) is 9.70. The normalized spacial score (nSPS) is 14.6. The second kappa shape index (κ2) is 8.00. The van der Waals surface area contributed by atoms with Crippen LogP contribution in [0, 0.1) is 13.8 Å². The van der Waals surface area contributed by atoms with Crippen LogP contribution in [0.2, 0.25) is 0 Å². The van der Waals surface area contributed by atoms with E-state index in [-0.39, 0.29) is 23.4 Å². The van der Waals surface area contributed by atoms with Gasteiger partial charge < -0.3 is 9.26 Å². The second-order valence-electron chi connectivity index (χ2n) is 7.34. The van der Waals surface area contributed by atoms with Gasteiger partial charge >= 0.3 is 0 Å². The number of rotatable bonds is 7. The number of nitrogens with one attached hydrogen (secondary N) is 1. The number of hydrogen-bond acceptors (Lipinski definition) is 5. The number of aromatic nitrogens is 1. The van der Waals surface area contributed by atoms with E-state index in [0.717, 1.165) is 24.8 Å². The van der Waals surface area contributed by atoms with Crippen molar-refractivity contribution >= 4 is 15.8 Å². The van der Waals surface area contributed by atoms with Gasteiger partial charge in [-0.25, -0.2) is 8.42 Å². The lowest BCUT2D eigenvalue weighted by molar-refractivity contribution is -0.00954. The zero-order chi connectivity index (χ0) is 20.4. The molecule has 3 aromatic rings. The Kier molecular flexibility index (Phi) is 5.43. The van der Waals surface area contributed by atoms with Gasteiger partial charge in [0.1, 0.15) is 10.7 Å². The average Bonchev–Trinajstić information content (AvgIpc) is 2.99. The number of aryl methyl sites for hydroxylation is 1. The molecule has 0 aliphatic heterocycles. The molecule has 4 rings (SSSR count). The molecule has 7 heteroatoms. The van der Waals surface area contributed by atoms with E-state index in [1.165, 1.54) is 0 Å². The quantitative estimate of drug-likeness (QED) is 0.601. The summed E-state index contributed by atoms with van der Waals surface area (Å²) in [6, 6.07) is 15.0. The summed E-state index contributed by atoms with van der Waals surface area (Å²) in [5.74, 6) is 0.781. The smallest absolute Gasteiger partial charge is 0.264 e. The summed E-state index contributed by atoms with van der Waals surface area (Å²) in [5.41, 5.74) is 2.75. The summed E-state index contributed by atoms with van der Waals surface area (Å²) in [6.45, 7) is 3.77. The lowest BCUT2D eigenvalue weighted by Gasteiger charge is -2.26. The third-order valence-corrected chi connectivity index (χ3v) is 6.85. The van der Waals surface area contributed by atoms with Crippen LogP contribution in [0.4, 0.5) is 5.82 Å². The Morgan fingerprint density at radius 1 is 1.10 bits per heavy atom. The van der Waals surface area contributed by atoms with Crippen LogP contribution in [0.5, 0.6) is 0 Å². The summed E-state index contributed by atoms with van der Waals surface area (Å²) in [7, 11) is -3.92. The van der Waals surface area contributed by atoms with E-state index in [0.29, 0.717) is 22.5 Å². The highest BCUT2D eigenvalue weighted by Gasteiger charge is 2.27. The van der Waals surface area contributed by atoms with Crippen LogP contribution in [0.25, 0.3) is 11.1 Å². The van der Waals surface area contributed by atoms with Crippen LogP contribution in [-0.4, -0.2) is 19.7 Å². The van der Waals surface area contributed by atoms with Crippen molar-refractivity contribution in [3.05, 3.63) is 65.4 Å². The molecule has 1 heterocycles. The number of ether oxygens (including phenoxy) is 1. The molecule has 1 fully saturated rings. The van der Waals surface area contributed by atoms with E-state index in [1.807, 2.05) is 42.5 Å². The zero-order valence-electron chi connectivity index (χ0n) is 16.5. The summed E-state index contributed by atoms with van der Waals surface area (Å²) < 4.78 is 40.6. The molecule has 1 aliphatic rings. The minimum Gasteiger partial charge on any atom is -0.373 e. The number of sulfonamides is 1. The van der Waals surface area contributed by atoms with Gasteiger partial charge in [0.2, 0.25) is 0 Å². The fraction of sp³-hybridized carbons (Fsp3) is 0.318. The predicted octanol–water partition coefficient (Wildman–Crippen LogP) is 4.83. The van der Waals surface area contributed by atoms with Gasteiger partial charge in [0, 0.05) is 11.1 Å². The second-order valence-corrected chi connectivity index (χ2v) is 8.96. The molecule has 0 atom stereocenters. The van der Waals surface area contributed by atoms with Gasteiger partial charge in [-0.15, -0.1) is 0 Å². The van der Waals surface area contributed by atoms with E-state index < -0.39 is 10.0 Å². The molecule has 1 aliphatic carbocycles. The molecule has 29 heavy (non-hydrogen) atoms. The van der Waals surface area contributed by atoms with Crippen LogP contribution < -0.4 is 4.72 Å². The Hall–Kier alpha value is -2.64. The standard InChI is InChI=1S/C22H24N2O4S/c1-15-16(2)28-23-22(15)24-29(25,26)21-18(14-27-19-11-7-12-19)10-6-13-20(21)17-8-4-3-5-9-17/h3-6,8-10,13,19H,7,11-12,14H2,1-2H3,(H,23,24). The van der Waals surface area contributed by atoms with E-state index >= 15 is 0 Å². The maximum absolute atomic E-state index is 13.5. The molecule has 1 saturated carbocycles. The Balaban J connectivity index is 1.78. The molecule has 0 bridgehead atoms. The van der Waals surface area contributed by atoms with Crippen molar-refractivity contribution in [2.24, 2.45) is 0 Å². The SMILES string of the molecule is Cc1onc(NS(=O)(=O)c2c(COC3CCC3)cccc2-c2ccccc2)c1C. The topological polar surface area (TPSA) is 81.4 Å². The molecule has 6 nitrogen and oxygen atoms in total. The van der Waals surface area contributed by atoms with E-state index in [2.05, 4.69) is 9.88 Å². The molecule has 0 unspecified atom stereocenters. The first-order valence-corrected chi connectivity index (χ1v) is 11.2. The molecule has 0 spiro atoms. The molecular weight excluding hydrogens is 388 g/mol. The van der Waals surface area contributed by atoms with Crippen molar-refractivity contribution in [3.63, 3.8) is 0 Å². The van der Waals surface area contributed by atoms with Crippen molar-refractivity contribution < 1.29 is 17.7 Å². The fourth-order valence-corrected chi connectivity index (χ4v) is 4.79. The van der Waals surface area contributed by atoms with E-state index in [9.17, 15) is 8.42 Å². The molecular formula is C22H24N2O4S.